The van der Waals surface area contributed by atoms with Crippen molar-refractivity contribution in [3.8, 4) is 5.75 Å². The van der Waals surface area contributed by atoms with E-state index in [1.54, 1.807) is 0 Å². The Morgan fingerprint density at radius 1 is 1.19 bits per heavy atom. The van der Waals surface area contributed by atoms with Crippen LogP contribution in [0.1, 0.15) is 18.1 Å². The highest BCUT2D eigenvalue weighted by molar-refractivity contribution is 6.07. The lowest BCUT2D eigenvalue weighted by Crippen LogP contribution is -2.21. The van der Waals surface area contributed by atoms with Gasteiger partial charge in [0.2, 0.25) is 0 Å². The van der Waals surface area contributed by atoms with E-state index in [0.717, 1.165) is 23.4 Å². The molecule has 1 heterocycles. The summed E-state index contributed by atoms with van der Waals surface area (Å²) in [6, 6.07) is 15.6. The van der Waals surface area contributed by atoms with Gasteiger partial charge >= 0.3 is 0 Å². The van der Waals surface area contributed by atoms with E-state index >= 15 is 0 Å². The molecule has 0 saturated carbocycles. The van der Waals surface area contributed by atoms with E-state index in [9.17, 15) is 4.79 Å². The summed E-state index contributed by atoms with van der Waals surface area (Å²) in [5, 5.41) is 2.93. The van der Waals surface area contributed by atoms with Crippen LogP contribution in [0.2, 0.25) is 0 Å². The zero-order valence-electron chi connectivity index (χ0n) is 11.9. The van der Waals surface area contributed by atoms with Crippen molar-refractivity contribution in [2.75, 3.05) is 11.9 Å². The minimum atomic E-state index is -0.113. The Balaban J connectivity index is 1.78. The first-order valence-corrected chi connectivity index (χ1v) is 7.09. The third-order valence-corrected chi connectivity index (χ3v) is 3.52. The summed E-state index contributed by atoms with van der Waals surface area (Å²) in [4.78, 5) is 12.3. The molecule has 0 atom stereocenters. The van der Waals surface area contributed by atoms with E-state index in [1.165, 1.54) is 5.56 Å². The standard InChI is InChI=1S/C18H17NO2/c1-2-13-6-5-8-16(10-13)19-18(20)15-11-14-7-3-4-9-17(14)21-12-15/h3-11H,2,12H2,1H3,(H,19,20). The van der Waals surface area contributed by atoms with Crippen molar-refractivity contribution < 1.29 is 9.53 Å². The molecule has 3 heteroatoms. The van der Waals surface area contributed by atoms with E-state index in [1.807, 2.05) is 48.5 Å². The topological polar surface area (TPSA) is 38.3 Å². The molecule has 0 saturated heterocycles. The Kier molecular flexibility index (Phi) is 3.73. The summed E-state index contributed by atoms with van der Waals surface area (Å²) in [5.41, 5.74) is 3.60. The maximum atomic E-state index is 12.3. The molecular formula is C18H17NO2. The number of benzene rings is 2. The number of hydrogen-bond donors (Lipinski definition) is 1. The molecule has 0 radical (unpaired) electrons. The van der Waals surface area contributed by atoms with Crippen LogP contribution >= 0.6 is 0 Å². The molecule has 3 nitrogen and oxygen atoms in total. The quantitative estimate of drug-likeness (QED) is 0.931. The average Bonchev–Trinajstić information content (AvgIpc) is 2.54. The van der Waals surface area contributed by atoms with Gasteiger partial charge in [-0.3, -0.25) is 4.79 Å². The number of rotatable bonds is 3. The number of hydrogen-bond acceptors (Lipinski definition) is 2. The van der Waals surface area contributed by atoms with E-state index in [-0.39, 0.29) is 5.91 Å². The van der Waals surface area contributed by atoms with Gasteiger partial charge in [-0.1, -0.05) is 37.3 Å². The van der Waals surface area contributed by atoms with Crippen molar-refractivity contribution in [3.05, 3.63) is 65.2 Å². The number of ether oxygens (including phenoxy) is 1. The predicted molar refractivity (Wildman–Crippen MR) is 84.4 cm³/mol. The summed E-state index contributed by atoms with van der Waals surface area (Å²) in [7, 11) is 0. The van der Waals surface area contributed by atoms with Gasteiger partial charge in [0.15, 0.2) is 0 Å². The first kappa shape index (κ1) is 13.4. The summed E-state index contributed by atoms with van der Waals surface area (Å²) in [6.45, 7) is 2.39. The SMILES string of the molecule is CCc1cccc(NC(=O)C2=Cc3ccccc3OC2)c1. The zero-order valence-corrected chi connectivity index (χ0v) is 11.9. The van der Waals surface area contributed by atoms with Crippen molar-refractivity contribution in [3.63, 3.8) is 0 Å². The fraction of sp³-hybridized carbons (Fsp3) is 0.167. The first-order chi connectivity index (χ1) is 10.3. The second-order valence-electron chi connectivity index (χ2n) is 5.00. The van der Waals surface area contributed by atoms with Gasteiger partial charge in [0, 0.05) is 11.3 Å². The van der Waals surface area contributed by atoms with Crippen LogP contribution < -0.4 is 10.1 Å². The zero-order chi connectivity index (χ0) is 14.7. The number of carbonyl (C=O) groups is 1. The van der Waals surface area contributed by atoms with E-state index in [4.69, 9.17) is 4.74 Å². The molecule has 0 aliphatic carbocycles. The second-order valence-corrected chi connectivity index (χ2v) is 5.00. The average molecular weight is 279 g/mol. The monoisotopic (exact) mass is 279 g/mol. The van der Waals surface area contributed by atoms with E-state index in [2.05, 4.69) is 18.3 Å². The summed E-state index contributed by atoms with van der Waals surface area (Å²) in [6.07, 6.45) is 2.83. The minimum Gasteiger partial charge on any atom is -0.488 e. The third-order valence-electron chi connectivity index (χ3n) is 3.52. The van der Waals surface area contributed by atoms with Crippen molar-refractivity contribution >= 4 is 17.7 Å². The van der Waals surface area contributed by atoms with Gasteiger partial charge in [-0.15, -0.1) is 0 Å². The second kappa shape index (κ2) is 5.83. The molecule has 106 valence electrons. The maximum absolute atomic E-state index is 12.3. The number of carbonyl (C=O) groups excluding carboxylic acids is 1. The van der Waals surface area contributed by atoms with Gasteiger partial charge < -0.3 is 10.1 Å². The van der Waals surface area contributed by atoms with Gasteiger partial charge in [-0.2, -0.15) is 0 Å². The van der Waals surface area contributed by atoms with Crippen LogP contribution in [0.3, 0.4) is 0 Å². The lowest BCUT2D eigenvalue weighted by atomic mass is 10.1. The lowest BCUT2D eigenvalue weighted by Gasteiger charge is -2.17. The fourth-order valence-electron chi connectivity index (χ4n) is 2.33. The Labute approximate surface area is 124 Å². The molecular weight excluding hydrogens is 262 g/mol. The lowest BCUT2D eigenvalue weighted by molar-refractivity contribution is -0.113. The van der Waals surface area contributed by atoms with Crippen LogP contribution in [0.5, 0.6) is 5.75 Å². The van der Waals surface area contributed by atoms with Crippen molar-refractivity contribution in [2.45, 2.75) is 13.3 Å². The van der Waals surface area contributed by atoms with Crippen LogP contribution in [0.4, 0.5) is 5.69 Å². The molecule has 0 spiro atoms. The molecule has 1 aliphatic rings. The van der Waals surface area contributed by atoms with Gasteiger partial charge in [0.1, 0.15) is 12.4 Å². The number of aryl methyl sites for hydroxylation is 1. The van der Waals surface area contributed by atoms with Crippen molar-refractivity contribution in [2.24, 2.45) is 0 Å². The Morgan fingerprint density at radius 3 is 2.90 bits per heavy atom. The molecule has 0 aromatic heterocycles. The number of anilines is 1. The van der Waals surface area contributed by atoms with Gasteiger partial charge in [-0.25, -0.2) is 0 Å². The molecule has 0 bridgehead atoms. The minimum absolute atomic E-state index is 0.113. The van der Waals surface area contributed by atoms with Gasteiger partial charge in [0.25, 0.3) is 5.91 Å². The first-order valence-electron chi connectivity index (χ1n) is 7.09. The largest absolute Gasteiger partial charge is 0.488 e. The molecule has 1 N–H and O–H groups in total. The van der Waals surface area contributed by atoms with Crippen LogP contribution in [0.25, 0.3) is 6.08 Å². The number of para-hydroxylation sites is 1. The fourth-order valence-corrected chi connectivity index (χ4v) is 2.33. The van der Waals surface area contributed by atoms with Crippen molar-refractivity contribution in [1.82, 2.24) is 0 Å². The number of nitrogens with one attached hydrogen (secondary N) is 1. The Hall–Kier alpha value is -2.55. The molecule has 0 fully saturated rings. The Bertz CT molecular complexity index is 704. The van der Waals surface area contributed by atoms with Crippen LogP contribution in [-0.4, -0.2) is 12.5 Å². The Morgan fingerprint density at radius 2 is 2.05 bits per heavy atom. The normalized spacial score (nSPS) is 12.9. The van der Waals surface area contributed by atoms with Gasteiger partial charge in [-0.05, 0) is 36.3 Å². The van der Waals surface area contributed by atoms with Crippen molar-refractivity contribution in [1.29, 1.82) is 0 Å². The maximum Gasteiger partial charge on any atom is 0.255 e. The third kappa shape index (κ3) is 2.97. The summed E-state index contributed by atoms with van der Waals surface area (Å²) < 4.78 is 5.61. The van der Waals surface area contributed by atoms with Crippen LogP contribution in [-0.2, 0) is 11.2 Å². The summed E-state index contributed by atoms with van der Waals surface area (Å²) in [5.74, 6) is 0.708. The molecule has 1 amide bonds. The number of amides is 1. The van der Waals surface area contributed by atoms with Gasteiger partial charge in [0.05, 0.1) is 5.57 Å². The predicted octanol–water partition coefficient (Wildman–Crippen LogP) is 3.66. The molecule has 2 aromatic rings. The molecule has 2 aromatic carbocycles. The highest BCUT2D eigenvalue weighted by atomic mass is 16.5. The number of fused-ring (bicyclic) bond motifs is 1. The van der Waals surface area contributed by atoms with Crippen LogP contribution in [0.15, 0.2) is 54.1 Å². The highest BCUT2D eigenvalue weighted by Gasteiger charge is 2.16. The van der Waals surface area contributed by atoms with E-state index in [0.29, 0.717) is 12.2 Å². The smallest absolute Gasteiger partial charge is 0.255 e. The highest BCUT2D eigenvalue weighted by Crippen LogP contribution is 2.26. The molecule has 0 unspecified atom stereocenters. The van der Waals surface area contributed by atoms with E-state index < -0.39 is 0 Å². The molecule has 3 rings (SSSR count). The van der Waals surface area contributed by atoms with Crippen LogP contribution in [0, 0.1) is 0 Å². The summed E-state index contributed by atoms with van der Waals surface area (Å²) >= 11 is 0. The molecule has 21 heavy (non-hydrogen) atoms. The molecule has 1 aliphatic heterocycles.